The molecular formula is C19H12ClFN2O2. The molecule has 2 rings (SSSR count). The minimum Gasteiger partial charge on any atom is -0.479 e. The molecule has 0 radical (unpaired) electrons. The van der Waals surface area contributed by atoms with E-state index < -0.39 is 11.7 Å². The predicted octanol–water partition coefficient (Wildman–Crippen LogP) is 4.04. The number of ether oxygens (including phenoxy) is 1. The first kappa shape index (κ1) is 18.1. The van der Waals surface area contributed by atoms with Gasteiger partial charge in [-0.15, -0.1) is 6.42 Å². The van der Waals surface area contributed by atoms with Crippen LogP contribution in [0.15, 0.2) is 48.0 Å². The van der Waals surface area contributed by atoms with Crippen molar-refractivity contribution in [1.29, 1.82) is 5.26 Å². The van der Waals surface area contributed by atoms with Crippen LogP contribution in [0, 0.1) is 29.5 Å². The molecule has 25 heavy (non-hydrogen) atoms. The molecular weight excluding hydrogens is 343 g/mol. The van der Waals surface area contributed by atoms with Crippen molar-refractivity contribution in [3.8, 4) is 24.2 Å². The molecule has 0 spiro atoms. The summed E-state index contributed by atoms with van der Waals surface area (Å²) in [5, 5.41) is 12.0. The van der Waals surface area contributed by atoms with Crippen LogP contribution in [0.2, 0.25) is 5.02 Å². The predicted molar refractivity (Wildman–Crippen MR) is 94.4 cm³/mol. The van der Waals surface area contributed by atoms with Crippen LogP contribution >= 0.6 is 11.6 Å². The second-order valence-corrected chi connectivity index (χ2v) is 5.22. The zero-order valence-corrected chi connectivity index (χ0v) is 13.7. The molecule has 0 aliphatic carbocycles. The number of nitriles is 1. The fourth-order valence-electron chi connectivity index (χ4n) is 1.89. The number of nitrogens with zero attached hydrogens (tertiary/aromatic N) is 1. The zero-order valence-electron chi connectivity index (χ0n) is 12.9. The van der Waals surface area contributed by atoms with E-state index >= 15 is 0 Å². The number of carbonyl (C=O) groups is 1. The van der Waals surface area contributed by atoms with E-state index in [2.05, 4.69) is 11.2 Å². The van der Waals surface area contributed by atoms with E-state index in [1.165, 1.54) is 30.3 Å². The summed E-state index contributed by atoms with van der Waals surface area (Å²) in [7, 11) is 0. The van der Waals surface area contributed by atoms with Gasteiger partial charge < -0.3 is 10.1 Å². The lowest BCUT2D eigenvalue weighted by Crippen LogP contribution is -2.13. The molecule has 1 N–H and O–H groups in total. The summed E-state index contributed by atoms with van der Waals surface area (Å²) in [5.74, 6) is 1.70. The van der Waals surface area contributed by atoms with Gasteiger partial charge in [-0.2, -0.15) is 5.26 Å². The minimum atomic E-state index is -0.613. The molecule has 0 saturated carbocycles. The maximum Gasteiger partial charge on any atom is 0.266 e. The molecule has 124 valence electrons. The van der Waals surface area contributed by atoms with Crippen LogP contribution in [0.4, 0.5) is 10.1 Å². The fraction of sp³-hybridized carbons (Fsp3) is 0.0526. The van der Waals surface area contributed by atoms with E-state index in [1.807, 2.05) is 6.07 Å². The van der Waals surface area contributed by atoms with Crippen LogP contribution in [0.25, 0.3) is 6.08 Å². The van der Waals surface area contributed by atoms with Gasteiger partial charge in [0.15, 0.2) is 0 Å². The third-order valence-electron chi connectivity index (χ3n) is 3.05. The maximum atomic E-state index is 12.9. The molecule has 0 heterocycles. The van der Waals surface area contributed by atoms with Gasteiger partial charge in [0.25, 0.3) is 5.91 Å². The van der Waals surface area contributed by atoms with E-state index in [0.29, 0.717) is 22.0 Å². The lowest BCUT2D eigenvalue weighted by atomic mass is 10.1. The molecule has 0 aromatic heterocycles. The highest BCUT2D eigenvalue weighted by Crippen LogP contribution is 2.26. The summed E-state index contributed by atoms with van der Waals surface area (Å²) in [4.78, 5) is 12.2. The van der Waals surface area contributed by atoms with Crippen molar-refractivity contribution >= 4 is 29.3 Å². The summed E-state index contributed by atoms with van der Waals surface area (Å²) in [6.07, 6.45) is 6.50. The van der Waals surface area contributed by atoms with Crippen molar-refractivity contribution in [2.24, 2.45) is 0 Å². The number of carbonyl (C=O) groups excluding carboxylic acids is 1. The fourth-order valence-corrected chi connectivity index (χ4v) is 2.13. The van der Waals surface area contributed by atoms with Gasteiger partial charge in [0, 0.05) is 5.69 Å². The highest BCUT2D eigenvalue weighted by molar-refractivity contribution is 6.32. The number of amides is 1. The number of rotatable bonds is 5. The Morgan fingerprint density at radius 3 is 2.64 bits per heavy atom. The largest absolute Gasteiger partial charge is 0.479 e. The Labute approximate surface area is 149 Å². The van der Waals surface area contributed by atoms with Gasteiger partial charge >= 0.3 is 0 Å². The molecule has 0 saturated heterocycles. The number of hydrogen-bond donors (Lipinski definition) is 1. The van der Waals surface area contributed by atoms with Crippen molar-refractivity contribution in [2.45, 2.75) is 0 Å². The SMILES string of the molecule is C#CCOc1ccc(/C=C(\C#N)C(=O)Nc2ccc(F)cc2)cc1Cl. The van der Waals surface area contributed by atoms with Crippen LogP contribution in [0.5, 0.6) is 5.75 Å². The molecule has 0 aliphatic rings. The van der Waals surface area contributed by atoms with Gasteiger partial charge in [0.2, 0.25) is 0 Å². The summed E-state index contributed by atoms with van der Waals surface area (Å²) in [5.41, 5.74) is 0.796. The molecule has 1 amide bonds. The number of anilines is 1. The quantitative estimate of drug-likeness (QED) is 0.501. The van der Waals surface area contributed by atoms with Crippen molar-refractivity contribution in [2.75, 3.05) is 11.9 Å². The number of nitrogens with one attached hydrogen (secondary N) is 1. The average molecular weight is 355 g/mol. The van der Waals surface area contributed by atoms with Gasteiger partial charge in [-0.1, -0.05) is 23.6 Å². The molecule has 0 bridgehead atoms. The summed E-state index contributed by atoms with van der Waals surface area (Å²) >= 11 is 6.07. The Hall–Kier alpha value is -3.28. The smallest absolute Gasteiger partial charge is 0.266 e. The minimum absolute atomic E-state index is 0.0818. The van der Waals surface area contributed by atoms with Crippen LogP contribution in [-0.4, -0.2) is 12.5 Å². The Balaban J connectivity index is 2.17. The molecule has 6 heteroatoms. The molecule has 0 atom stereocenters. The maximum absolute atomic E-state index is 12.9. The zero-order chi connectivity index (χ0) is 18.2. The first-order valence-electron chi connectivity index (χ1n) is 7.08. The first-order valence-corrected chi connectivity index (χ1v) is 7.46. The lowest BCUT2D eigenvalue weighted by molar-refractivity contribution is -0.112. The van der Waals surface area contributed by atoms with Crippen molar-refractivity contribution in [3.63, 3.8) is 0 Å². The highest BCUT2D eigenvalue weighted by Gasteiger charge is 2.10. The molecule has 2 aromatic rings. The Morgan fingerprint density at radius 2 is 2.04 bits per heavy atom. The van der Waals surface area contributed by atoms with Crippen molar-refractivity contribution < 1.29 is 13.9 Å². The van der Waals surface area contributed by atoms with Crippen LogP contribution in [0.3, 0.4) is 0 Å². The number of benzene rings is 2. The van der Waals surface area contributed by atoms with Crippen LogP contribution in [0.1, 0.15) is 5.56 Å². The van der Waals surface area contributed by atoms with E-state index in [0.717, 1.165) is 0 Å². The molecule has 0 aliphatic heterocycles. The monoisotopic (exact) mass is 354 g/mol. The number of halogens is 2. The van der Waals surface area contributed by atoms with E-state index in [1.54, 1.807) is 18.2 Å². The third-order valence-corrected chi connectivity index (χ3v) is 3.34. The molecule has 0 fully saturated rings. The Bertz CT molecular complexity index is 893. The molecule has 2 aromatic carbocycles. The van der Waals surface area contributed by atoms with E-state index in [9.17, 15) is 14.4 Å². The van der Waals surface area contributed by atoms with Gasteiger partial charge in [0.05, 0.1) is 5.02 Å². The Morgan fingerprint density at radius 1 is 1.32 bits per heavy atom. The number of hydrogen-bond acceptors (Lipinski definition) is 3. The third kappa shape index (κ3) is 5.10. The molecule has 0 unspecified atom stereocenters. The topological polar surface area (TPSA) is 62.1 Å². The first-order chi connectivity index (χ1) is 12.0. The van der Waals surface area contributed by atoms with Gasteiger partial charge in [-0.25, -0.2) is 4.39 Å². The lowest BCUT2D eigenvalue weighted by Gasteiger charge is -2.06. The summed E-state index contributed by atoms with van der Waals surface area (Å²) in [6, 6.07) is 11.8. The van der Waals surface area contributed by atoms with E-state index in [-0.39, 0.29) is 12.2 Å². The summed E-state index contributed by atoms with van der Waals surface area (Å²) in [6.45, 7) is 0.0818. The van der Waals surface area contributed by atoms with Crippen LogP contribution in [-0.2, 0) is 4.79 Å². The average Bonchev–Trinajstić information content (AvgIpc) is 2.60. The number of terminal acetylenes is 1. The van der Waals surface area contributed by atoms with Gasteiger partial charge in [-0.3, -0.25) is 4.79 Å². The standard InChI is InChI=1S/C19H12ClFN2O2/c1-2-9-25-18-8-3-13(11-17(18)20)10-14(12-22)19(24)23-16-6-4-15(21)5-7-16/h1,3-8,10-11H,9H2,(H,23,24)/b14-10+. The highest BCUT2D eigenvalue weighted by atomic mass is 35.5. The summed E-state index contributed by atoms with van der Waals surface area (Å²) < 4.78 is 18.1. The normalized spacial score (nSPS) is 10.5. The van der Waals surface area contributed by atoms with Crippen LogP contribution < -0.4 is 10.1 Å². The van der Waals surface area contributed by atoms with E-state index in [4.69, 9.17) is 22.8 Å². The second kappa shape index (κ2) is 8.54. The molecule has 4 nitrogen and oxygen atoms in total. The van der Waals surface area contributed by atoms with Crippen molar-refractivity contribution in [3.05, 3.63) is 64.4 Å². The van der Waals surface area contributed by atoms with Gasteiger partial charge in [0.1, 0.15) is 29.8 Å². The van der Waals surface area contributed by atoms with Gasteiger partial charge in [-0.05, 0) is 48.0 Å². The van der Waals surface area contributed by atoms with Crippen molar-refractivity contribution in [1.82, 2.24) is 0 Å². The second-order valence-electron chi connectivity index (χ2n) is 4.81. The Kier molecular flexibility index (Phi) is 6.17.